The van der Waals surface area contributed by atoms with Crippen LogP contribution in [0.2, 0.25) is 0 Å². The minimum absolute atomic E-state index is 0.0714. The van der Waals surface area contributed by atoms with Crippen LogP contribution in [-0.2, 0) is 24.4 Å². The number of hydrogen-bond acceptors (Lipinski definition) is 4. The van der Waals surface area contributed by atoms with Crippen molar-refractivity contribution in [3.05, 3.63) is 83.4 Å². The summed E-state index contributed by atoms with van der Waals surface area (Å²) in [4.78, 5) is 16.8. The average molecular weight is 363 g/mol. The van der Waals surface area contributed by atoms with Crippen molar-refractivity contribution in [3.8, 4) is 5.75 Å². The first-order valence-electron chi connectivity index (χ1n) is 8.86. The summed E-state index contributed by atoms with van der Waals surface area (Å²) in [6.07, 6.45) is 1.64. The summed E-state index contributed by atoms with van der Waals surface area (Å²) < 4.78 is 13.2. The second-order valence-electron chi connectivity index (χ2n) is 6.43. The van der Waals surface area contributed by atoms with Gasteiger partial charge in [-0.2, -0.15) is 0 Å². The third-order valence-electron chi connectivity index (χ3n) is 4.73. The van der Waals surface area contributed by atoms with Crippen molar-refractivity contribution in [1.82, 2.24) is 14.9 Å². The number of aromatic nitrogens is 2. The molecule has 0 saturated carbocycles. The van der Waals surface area contributed by atoms with Gasteiger partial charge in [0, 0.05) is 6.54 Å². The summed E-state index contributed by atoms with van der Waals surface area (Å²) in [5.74, 6) is 0.634. The fourth-order valence-corrected chi connectivity index (χ4v) is 3.20. The third kappa shape index (κ3) is 3.71. The lowest BCUT2D eigenvalue weighted by Crippen LogP contribution is -2.27. The lowest BCUT2D eigenvalue weighted by Gasteiger charge is -2.25. The second-order valence-corrected chi connectivity index (χ2v) is 6.43. The van der Waals surface area contributed by atoms with Crippen molar-refractivity contribution in [2.75, 3.05) is 7.11 Å². The number of imidazole rings is 1. The Bertz CT molecular complexity index is 920. The van der Waals surface area contributed by atoms with E-state index in [1.54, 1.807) is 13.4 Å². The molecule has 6 heteroatoms. The SMILES string of the molecule is COc1ccc(C2Cn3cnc(C(=O)NCc4ccccc4)c3CO2)cc1. The summed E-state index contributed by atoms with van der Waals surface area (Å²) in [5.41, 5.74) is 3.37. The molecule has 27 heavy (non-hydrogen) atoms. The van der Waals surface area contributed by atoms with E-state index in [4.69, 9.17) is 9.47 Å². The monoisotopic (exact) mass is 363 g/mol. The maximum Gasteiger partial charge on any atom is 0.272 e. The molecule has 0 fully saturated rings. The Labute approximate surface area is 157 Å². The molecule has 138 valence electrons. The maximum atomic E-state index is 12.5. The zero-order chi connectivity index (χ0) is 18.6. The molecule has 2 aromatic carbocycles. The summed E-state index contributed by atoms with van der Waals surface area (Å²) in [6.45, 7) is 1.45. The van der Waals surface area contributed by atoms with Gasteiger partial charge in [0.1, 0.15) is 11.9 Å². The molecule has 0 bridgehead atoms. The van der Waals surface area contributed by atoms with E-state index in [1.807, 2.05) is 59.2 Å². The molecule has 1 aliphatic heterocycles. The number of fused-ring (bicyclic) bond motifs is 1. The van der Waals surface area contributed by atoms with Crippen LogP contribution in [0.5, 0.6) is 5.75 Å². The summed E-state index contributed by atoms with van der Waals surface area (Å²) in [6, 6.07) is 17.7. The van der Waals surface area contributed by atoms with Crippen molar-refractivity contribution in [1.29, 1.82) is 0 Å². The van der Waals surface area contributed by atoms with Gasteiger partial charge in [-0.05, 0) is 23.3 Å². The average Bonchev–Trinajstić information content (AvgIpc) is 3.16. The van der Waals surface area contributed by atoms with Crippen molar-refractivity contribution < 1.29 is 14.3 Å². The number of nitrogens with zero attached hydrogens (tertiary/aromatic N) is 2. The highest BCUT2D eigenvalue weighted by atomic mass is 16.5. The molecule has 6 nitrogen and oxygen atoms in total. The van der Waals surface area contributed by atoms with Crippen molar-refractivity contribution in [3.63, 3.8) is 0 Å². The Morgan fingerprint density at radius 2 is 2.00 bits per heavy atom. The summed E-state index contributed by atoms with van der Waals surface area (Å²) in [5, 5.41) is 2.92. The molecule has 0 spiro atoms. The van der Waals surface area contributed by atoms with Gasteiger partial charge in [-0.3, -0.25) is 4.79 Å². The van der Waals surface area contributed by atoms with E-state index in [2.05, 4.69) is 10.3 Å². The van der Waals surface area contributed by atoms with Gasteiger partial charge in [-0.1, -0.05) is 42.5 Å². The highest BCUT2D eigenvalue weighted by Crippen LogP contribution is 2.28. The van der Waals surface area contributed by atoms with E-state index in [0.717, 1.165) is 22.6 Å². The molecule has 2 heterocycles. The van der Waals surface area contributed by atoms with E-state index >= 15 is 0 Å². The number of hydrogen-bond donors (Lipinski definition) is 1. The van der Waals surface area contributed by atoms with Crippen molar-refractivity contribution in [2.24, 2.45) is 0 Å². The first kappa shape index (κ1) is 17.3. The maximum absolute atomic E-state index is 12.5. The van der Waals surface area contributed by atoms with Crippen LogP contribution in [0.15, 0.2) is 60.9 Å². The standard InChI is InChI=1S/C21H21N3O3/c1-26-17-9-7-16(8-10-17)19-12-24-14-23-20(18(24)13-27-19)21(25)22-11-15-5-3-2-4-6-15/h2-10,14,19H,11-13H2,1H3,(H,22,25). The third-order valence-corrected chi connectivity index (χ3v) is 4.73. The predicted molar refractivity (Wildman–Crippen MR) is 100 cm³/mol. The van der Waals surface area contributed by atoms with Gasteiger partial charge in [0.05, 0.1) is 32.3 Å². The molecule has 1 atom stereocenters. The van der Waals surface area contributed by atoms with E-state index < -0.39 is 0 Å². The van der Waals surface area contributed by atoms with Gasteiger partial charge in [0.2, 0.25) is 0 Å². The van der Waals surface area contributed by atoms with E-state index in [9.17, 15) is 4.79 Å². The first-order chi connectivity index (χ1) is 13.2. The molecule has 0 aliphatic carbocycles. The molecule has 1 N–H and O–H groups in total. The summed E-state index contributed by atoms with van der Waals surface area (Å²) in [7, 11) is 1.65. The van der Waals surface area contributed by atoms with Crippen LogP contribution in [0.3, 0.4) is 0 Å². The highest BCUT2D eigenvalue weighted by Gasteiger charge is 2.26. The van der Waals surface area contributed by atoms with Crippen LogP contribution in [0.4, 0.5) is 0 Å². The van der Waals surface area contributed by atoms with E-state index in [0.29, 0.717) is 25.4 Å². The van der Waals surface area contributed by atoms with Gasteiger partial charge < -0.3 is 19.4 Å². The summed E-state index contributed by atoms with van der Waals surface area (Å²) >= 11 is 0. The highest BCUT2D eigenvalue weighted by molar-refractivity contribution is 5.93. The predicted octanol–water partition coefficient (Wildman–Crippen LogP) is 3.09. The van der Waals surface area contributed by atoms with Crippen LogP contribution >= 0.6 is 0 Å². The fraction of sp³-hybridized carbons (Fsp3) is 0.238. The Kier molecular flexibility index (Phi) is 4.89. The smallest absolute Gasteiger partial charge is 0.272 e. The number of nitrogens with one attached hydrogen (secondary N) is 1. The Morgan fingerprint density at radius 3 is 2.74 bits per heavy atom. The van der Waals surface area contributed by atoms with Gasteiger partial charge in [0.25, 0.3) is 5.91 Å². The van der Waals surface area contributed by atoms with Crippen LogP contribution in [0.1, 0.15) is 33.4 Å². The molecule has 1 aromatic heterocycles. The fourth-order valence-electron chi connectivity index (χ4n) is 3.20. The Balaban J connectivity index is 1.44. The van der Waals surface area contributed by atoms with Gasteiger partial charge in [-0.25, -0.2) is 4.98 Å². The molecule has 0 saturated heterocycles. The van der Waals surface area contributed by atoms with Crippen LogP contribution in [-0.4, -0.2) is 22.6 Å². The lowest BCUT2D eigenvalue weighted by atomic mass is 10.1. The molecule has 4 rings (SSSR count). The van der Waals surface area contributed by atoms with E-state index in [-0.39, 0.29) is 12.0 Å². The molecular weight excluding hydrogens is 342 g/mol. The first-order valence-corrected chi connectivity index (χ1v) is 8.86. The topological polar surface area (TPSA) is 65.4 Å². The molecule has 3 aromatic rings. The quantitative estimate of drug-likeness (QED) is 0.757. The zero-order valence-corrected chi connectivity index (χ0v) is 15.1. The normalized spacial score (nSPS) is 15.8. The number of benzene rings is 2. The number of methoxy groups -OCH3 is 1. The van der Waals surface area contributed by atoms with Crippen LogP contribution in [0, 0.1) is 0 Å². The largest absolute Gasteiger partial charge is 0.497 e. The van der Waals surface area contributed by atoms with Crippen LogP contribution in [0.25, 0.3) is 0 Å². The number of rotatable bonds is 5. The number of ether oxygens (including phenoxy) is 2. The van der Waals surface area contributed by atoms with Gasteiger partial charge in [0.15, 0.2) is 5.69 Å². The number of amides is 1. The van der Waals surface area contributed by atoms with Crippen molar-refractivity contribution >= 4 is 5.91 Å². The second kappa shape index (κ2) is 7.63. The van der Waals surface area contributed by atoms with Gasteiger partial charge in [-0.15, -0.1) is 0 Å². The zero-order valence-electron chi connectivity index (χ0n) is 15.1. The minimum atomic E-state index is -0.181. The number of carbonyl (C=O) groups is 1. The molecular formula is C21H21N3O3. The Morgan fingerprint density at radius 1 is 1.22 bits per heavy atom. The molecule has 0 radical (unpaired) electrons. The molecule has 1 aliphatic rings. The number of carbonyl (C=O) groups excluding carboxylic acids is 1. The Hall–Kier alpha value is -3.12. The van der Waals surface area contributed by atoms with Crippen LogP contribution < -0.4 is 10.1 Å². The molecule has 1 unspecified atom stereocenters. The minimum Gasteiger partial charge on any atom is -0.497 e. The van der Waals surface area contributed by atoms with Crippen molar-refractivity contribution in [2.45, 2.75) is 25.8 Å². The van der Waals surface area contributed by atoms with E-state index in [1.165, 1.54) is 0 Å². The van der Waals surface area contributed by atoms with Gasteiger partial charge >= 0.3 is 0 Å². The lowest BCUT2D eigenvalue weighted by molar-refractivity contribution is 0.00255. The molecule has 1 amide bonds.